The molecule has 1 atom stereocenters. The maximum Gasteiger partial charge on any atom is 0.234 e. The summed E-state index contributed by atoms with van der Waals surface area (Å²) < 4.78 is 5.53. The third kappa shape index (κ3) is 2.08. The molecule has 0 aliphatic carbocycles. The molecule has 0 bridgehead atoms. The van der Waals surface area contributed by atoms with E-state index in [1.807, 2.05) is 0 Å². The van der Waals surface area contributed by atoms with E-state index < -0.39 is 0 Å². The van der Waals surface area contributed by atoms with Crippen LogP contribution in [0.3, 0.4) is 0 Å². The molecule has 1 aliphatic rings. The number of phenols is 1. The van der Waals surface area contributed by atoms with Crippen molar-refractivity contribution in [2.75, 3.05) is 13.1 Å². The summed E-state index contributed by atoms with van der Waals surface area (Å²) in [5.74, 6) is 1.95. The molecule has 5 nitrogen and oxygen atoms in total. The zero-order valence-corrected chi connectivity index (χ0v) is 11.8. The van der Waals surface area contributed by atoms with Crippen molar-refractivity contribution in [1.29, 1.82) is 0 Å². The van der Waals surface area contributed by atoms with Crippen molar-refractivity contribution < 1.29 is 9.63 Å². The second-order valence-corrected chi connectivity index (χ2v) is 5.71. The Bertz CT molecular complexity index is 583. The van der Waals surface area contributed by atoms with Gasteiger partial charge in [0.05, 0.1) is 5.41 Å². The van der Waals surface area contributed by atoms with Crippen molar-refractivity contribution >= 4 is 0 Å². The molecule has 0 spiro atoms. The second kappa shape index (κ2) is 4.90. The normalized spacial score (nSPS) is 22.6. The average Bonchev–Trinajstić information content (AvgIpc) is 3.09. The Morgan fingerprint density at radius 2 is 2.05 bits per heavy atom. The third-order valence-corrected chi connectivity index (χ3v) is 4.27. The lowest BCUT2D eigenvalue weighted by atomic mass is 9.76. The highest BCUT2D eigenvalue weighted by Gasteiger charge is 2.43. The molecule has 0 amide bonds. The highest BCUT2D eigenvalue weighted by atomic mass is 16.5. The molecule has 2 heterocycles. The fraction of sp³-hybridized carbons (Fsp3) is 0.467. The molecule has 2 aromatic rings. The standard InChI is InChI=1S/C15H19N3O2/c1-10(2)15(7-8-16-9-15)14-17-13(18-20-14)11-3-5-12(19)6-4-11/h3-6,10,16,19H,7-9H2,1-2H3. The van der Waals surface area contributed by atoms with Crippen LogP contribution in [0.4, 0.5) is 0 Å². The maximum atomic E-state index is 9.32. The molecular weight excluding hydrogens is 254 g/mol. The van der Waals surface area contributed by atoms with Gasteiger partial charge in [-0.15, -0.1) is 0 Å². The Hall–Kier alpha value is -1.88. The van der Waals surface area contributed by atoms with E-state index in [-0.39, 0.29) is 11.2 Å². The minimum Gasteiger partial charge on any atom is -0.508 e. The topological polar surface area (TPSA) is 71.2 Å². The minimum atomic E-state index is -0.0673. The van der Waals surface area contributed by atoms with Gasteiger partial charge in [-0.1, -0.05) is 19.0 Å². The Morgan fingerprint density at radius 1 is 1.30 bits per heavy atom. The van der Waals surface area contributed by atoms with Gasteiger partial charge < -0.3 is 14.9 Å². The van der Waals surface area contributed by atoms with Crippen LogP contribution in [0, 0.1) is 5.92 Å². The predicted molar refractivity (Wildman–Crippen MR) is 75.4 cm³/mol. The van der Waals surface area contributed by atoms with E-state index in [0.29, 0.717) is 17.6 Å². The Labute approximate surface area is 118 Å². The number of hydrogen-bond acceptors (Lipinski definition) is 5. The number of phenolic OH excluding ortho intramolecular Hbond substituents is 1. The number of benzene rings is 1. The van der Waals surface area contributed by atoms with Gasteiger partial charge in [0.1, 0.15) is 5.75 Å². The van der Waals surface area contributed by atoms with E-state index >= 15 is 0 Å². The summed E-state index contributed by atoms with van der Waals surface area (Å²) in [5, 5.41) is 16.8. The number of nitrogens with one attached hydrogen (secondary N) is 1. The van der Waals surface area contributed by atoms with Gasteiger partial charge in [0.25, 0.3) is 0 Å². The summed E-state index contributed by atoms with van der Waals surface area (Å²) in [6, 6.07) is 6.83. The smallest absolute Gasteiger partial charge is 0.234 e. The average molecular weight is 273 g/mol. The van der Waals surface area contributed by atoms with Gasteiger partial charge >= 0.3 is 0 Å². The Balaban J connectivity index is 1.95. The summed E-state index contributed by atoms with van der Waals surface area (Å²) in [5.41, 5.74) is 0.782. The molecule has 1 aromatic carbocycles. The molecule has 0 radical (unpaired) electrons. The monoisotopic (exact) mass is 273 g/mol. The van der Waals surface area contributed by atoms with Crippen molar-refractivity contribution in [3.05, 3.63) is 30.2 Å². The summed E-state index contributed by atoms with van der Waals surface area (Å²) in [7, 11) is 0. The maximum absolute atomic E-state index is 9.32. The molecule has 106 valence electrons. The lowest BCUT2D eigenvalue weighted by Gasteiger charge is -2.27. The van der Waals surface area contributed by atoms with Gasteiger partial charge in [-0.2, -0.15) is 4.98 Å². The van der Waals surface area contributed by atoms with Crippen molar-refractivity contribution in [2.45, 2.75) is 25.7 Å². The summed E-state index contributed by atoms with van der Waals surface area (Å²) in [6.45, 7) is 6.24. The van der Waals surface area contributed by atoms with E-state index in [2.05, 4.69) is 29.3 Å². The fourth-order valence-electron chi connectivity index (χ4n) is 2.79. The molecule has 1 unspecified atom stereocenters. The first-order chi connectivity index (χ1) is 9.62. The van der Waals surface area contributed by atoms with Gasteiger partial charge in [0.15, 0.2) is 0 Å². The molecule has 1 saturated heterocycles. The zero-order chi connectivity index (χ0) is 14.2. The summed E-state index contributed by atoms with van der Waals surface area (Å²) in [6.07, 6.45) is 1.02. The summed E-state index contributed by atoms with van der Waals surface area (Å²) >= 11 is 0. The molecule has 1 fully saturated rings. The number of nitrogens with zero attached hydrogens (tertiary/aromatic N) is 2. The lowest BCUT2D eigenvalue weighted by molar-refractivity contribution is 0.234. The third-order valence-electron chi connectivity index (χ3n) is 4.27. The second-order valence-electron chi connectivity index (χ2n) is 5.71. The van der Waals surface area contributed by atoms with Gasteiger partial charge in [0.2, 0.25) is 11.7 Å². The first-order valence-electron chi connectivity index (χ1n) is 6.96. The SMILES string of the molecule is CC(C)C1(c2nc(-c3ccc(O)cc3)no2)CCNC1. The van der Waals surface area contributed by atoms with E-state index in [4.69, 9.17) is 4.52 Å². The molecule has 1 aliphatic heterocycles. The molecule has 0 saturated carbocycles. The largest absolute Gasteiger partial charge is 0.508 e. The molecular formula is C15H19N3O2. The molecule has 3 rings (SSSR count). The molecule has 1 aromatic heterocycles. The number of aromatic nitrogens is 2. The number of aromatic hydroxyl groups is 1. The van der Waals surface area contributed by atoms with Crippen LogP contribution >= 0.6 is 0 Å². The van der Waals surface area contributed by atoms with E-state index in [1.165, 1.54) is 0 Å². The zero-order valence-electron chi connectivity index (χ0n) is 11.8. The van der Waals surface area contributed by atoms with Gasteiger partial charge in [0, 0.05) is 12.1 Å². The lowest BCUT2D eigenvalue weighted by Crippen LogP contribution is -2.35. The van der Waals surface area contributed by atoms with Gasteiger partial charge in [-0.25, -0.2) is 0 Å². The van der Waals surface area contributed by atoms with Crippen molar-refractivity contribution in [3.63, 3.8) is 0 Å². The van der Waals surface area contributed by atoms with E-state index in [1.54, 1.807) is 24.3 Å². The van der Waals surface area contributed by atoms with Crippen LogP contribution in [0.5, 0.6) is 5.75 Å². The van der Waals surface area contributed by atoms with E-state index in [9.17, 15) is 5.11 Å². The van der Waals surface area contributed by atoms with Crippen LogP contribution in [-0.4, -0.2) is 28.3 Å². The Kier molecular flexibility index (Phi) is 3.22. The Morgan fingerprint density at radius 3 is 2.65 bits per heavy atom. The van der Waals surface area contributed by atoms with Crippen LogP contribution in [0.15, 0.2) is 28.8 Å². The first-order valence-corrected chi connectivity index (χ1v) is 6.96. The van der Waals surface area contributed by atoms with E-state index in [0.717, 1.165) is 25.1 Å². The van der Waals surface area contributed by atoms with Crippen LogP contribution in [-0.2, 0) is 5.41 Å². The molecule has 20 heavy (non-hydrogen) atoms. The fourth-order valence-corrected chi connectivity index (χ4v) is 2.79. The highest BCUT2D eigenvalue weighted by Crippen LogP contribution is 2.37. The number of rotatable bonds is 3. The van der Waals surface area contributed by atoms with Crippen molar-refractivity contribution in [3.8, 4) is 17.1 Å². The van der Waals surface area contributed by atoms with Crippen molar-refractivity contribution in [2.24, 2.45) is 5.92 Å². The van der Waals surface area contributed by atoms with Crippen LogP contribution in [0.25, 0.3) is 11.4 Å². The predicted octanol–water partition coefficient (Wildman–Crippen LogP) is 2.33. The quantitative estimate of drug-likeness (QED) is 0.898. The highest BCUT2D eigenvalue weighted by molar-refractivity contribution is 5.55. The summed E-state index contributed by atoms with van der Waals surface area (Å²) in [4.78, 5) is 4.59. The number of hydrogen-bond donors (Lipinski definition) is 2. The van der Waals surface area contributed by atoms with Gasteiger partial charge in [-0.3, -0.25) is 0 Å². The van der Waals surface area contributed by atoms with Gasteiger partial charge in [-0.05, 0) is 43.1 Å². The van der Waals surface area contributed by atoms with Crippen LogP contribution in [0.2, 0.25) is 0 Å². The molecule has 5 heteroatoms. The van der Waals surface area contributed by atoms with Crippen LogP contribution in [0.1, 0.15) is 26.2 Å². The first kappa shape index (κ1) is 13.1. The van der Waals surface area contributed by atoms with Crippen LogP contribution < -0.4 is 5.32 Å². The molecule has 2 N–H and O–H groups in total. The van der Waals surface area contributed by atoms with Crippen molar-refractivity contribution in [1.82, 2.24) is 15.5 Å². The minimum absolute atomic E-state index is 0.0673.